The lowest BCUT2D eigenvalue weighted by Crippen LogP contribution is -2.31. The number of alkyl halides is 1. The summed E-state index contributed by atoms with van der Waals surface area (Å²) in [7, 11) is 0. The van der Waals surface area contributed by atoms with Crippen LogP contribution in [0.2, 0.25) is 0 Å². The molecule has 4 aliphatic rings. The molecule has 2 unspecified atom stereocenters. The van der Waals surface area contributed by atoms with Gasteiger partial charge in [0.2, 0.25) is 0 Å². The Morgan fingerprint density at radius 2 is 1.62 bits per heavy atom. The molecule has 128 valence electrons. The average Bonchev–Trinajstić information content (AvgIpc) is 3.38. The van der Waals surface area contributed by atoms with E-state index in [1.54, 1.807) is 0 Å². The molecule has 0 saturated carbocycles. The van der Waals surface area contributed by atoms with Crippen LogP contribution in [0.4, 0.5) is 0 Å². The van der Waals surface area contributed by atoms with Gasteiger partial charge in [-0.05, 0) is 106 Å². The maximum Gasteiger partial charge on any atom is 0.115 e. The van der Waals surface area contributed by atoms with Gasteiger partial charge >= 0.3 is 0 Å². The number of aromatic amines is 1. The smallest absolute Gasteiger partial charge is 0.115 e. The van der Waals surface area contributed by atoms with Crippen LogP contribution in [0.3, 0.4) is 0 Å². The third-order valence-electron chi connectivity index (χ3n) is 4.27. The van der Waals surface area contributed by atoms with E-state index >= 15 is 0 Å². The molecule has 0 saturated heterocycles. The summed E-state index contributed by atoms with van der Waals surface area (Å²) in [5.41, 5.74) is 4.48. The predicted octanol–water partition coefficient (Wildman–Crippen LogP) is 3.15. The lowest BCUT2D eigenvalue weighted by Gasteiger charge is -2.20. The summed E-state index contributed by atoms with van der Waals surface area (Å²) in [6.07, 6.45) is 15.7. The van der Waals surface area contributed by atoms with Crippen molar-refractivity contribution in [2.45, 2.75) is 9.94 Å². The predicted molar refractivity (Wildman–Crippen MR) is 124 cm³/mol. The third kappa shape index (κ3) is 3.20. The molecule has 0 fully saturated rings. The van der Waals surface area contributed by atoms with Crippen LogP contribution in [0.1, 0.15) is 7.77 Å². The zero-order valence-electron chi connectivity index (χ0n) is 14.5. The molecule has 0 spiro atoms. The van der Waals surface area contributed by atoms with Gasteiger partial charge in [0, 0.05) is 27.7 Å². The Balaban J connectivity index is 1.71. The SMILES string of the molecule is [2H]C1C(I)=C2/C=C3/C=CC(=N3)/C=c3/cc/c([nH]3)=C/C3=NC(=C\C1(I)N2)/C=C3. The van der Waals surface area contributed by atoms with Gasteiger partial charge in [0.05, 0.1) is 22.8 Å². The number of nitrogens with one attached hydrogen (secondary N) is 2. The van der Waals surface area contributed by atoms with Crippen molar-refractivity contribution in [3.8, 4) is 0 Å². The highest BCUT2D eigenvalue weighted by Crippen LogP contribution is 2.39. The first kappa shape index (κ1) is 15.4. The minimum Gasteiger partial charge on any atom is -0.367 e. The van der Waals surface area contributed by atoms with Crippen LogP contribution in [0, 0.1) is 0 Å². The van der Waals surface area contributed by atoms with Crippen LogP contribution in [-0.2, 0) is 0 Å². The molecule has 26 heavy (non-hydrogen) atoms. The highest BCUT2D eigenvalue weighted by atomic mass is 127. The van der Waals surface area contributed by atoms with Gasteiger partial charge in [0.15, 0.2) is 0 Å². The third-order valence-corrected chi connectivity index (χ3v) is 6.06. The van der Waals surface area contributed by atoms with E-state index in [2.05, 4.69) is 60.5 Å². The molecule has 0 radical (unpaired) electrons. The minimum absolute atomic E-state index is 0.406. The van der Waals surface area contributed by atoms with Crippen LogP contribution in [-0.4, -0.2) is 20.0 Å². The first-order valence-electron chi connectivity index (χ1n) is 8.72. The van der Waals surface area contributed by atoms with Crippen molar-refractivity contribution in [1.29, 1.82) is 0 Å². The fourth-order valence-electron chi connectivity index (χ4n) is 3.14. The first-order valence-corrected chi connectivity index (χ1v) is 10.3. The van der Waals surface area contributed by atoms with Gasteiger partial charge in [-0.1, -0.05) is 0 Å². The standard InChI is InChI=1S/C20H14I2N4/c21-18-11-20(22)10-17-6-5-15(25-17)8-13-2-1-12(23-13)7-14-3-4-16(24-14)9-19(18)26-20/h1-10,23,26H,11H2/b12-7-,13-8-,16-9-,17-10-/i11D. The molecule has 0 aliphatic carbocycles. The van der Waals surface area contributed by atoms with E-state index in [1.165, 1.54) is 0 Å². The minimum atomic E-state index is -0.545. The van der Waals surface area contributed by atoms with Gasteiger partial charge < -0.3 is 10.3 Å². The molecule has 6 heteroatoms. The van der Waals surface area contributed by atoms with Crippen LogP contribution < -0.4 is 16.0 Å². The zero-order valence-corrected chi connectivity index (χ0v) is 17.8. The molecular formula is C20H14I2N4. The highest BCUT2D eigenvalue weighted by molar-refractivity contribution is 14.1. The van der Waals surface area contributed by atoms with E-state index in [0.29, 0.717) is 0 Å². The molecule has 0 aromatic carbocycles. The Morgan fingerprint density at radius 1 is 0.962 bits per heavy atom. The van der Waals surface area contributed by atoms with Crippen LogP contribution in [0.25, 0.3) is 12.2 Å². The lowest BCUT2D eigenvalue weighted by atomic mass is 10.2. The van der Waals surface area contributed by atoms with Crippen LogP contribution >= 0.6 is 45.2 Å². The van der Waals surface area contributed by atoms with E-state index < -0.39 is 9.94 Å². The molecule has 1 aromatic rings. The number of allylic oxidation sites excluding steroid dienone is 5. The van der Waals surface area contributed by atoms with E-state index in [-0.39, 0.29) is 0 Å². The molecule has 5 rings (SSSR count). The second kappa shape index (κ2) is 6.19. The van der Waals surface area contributed by atoms with Crippen LogP contribution in [0.15, 0.2) is 79.2 Å². The lowest BCUT2D eigenvalue weighted by molar-refractivity contribution is 0.710. The van der Waals surface area contributed by atoms with Gasteiger partial charge in [-0.25, -0.2) is 9.98 Å². The molecule has 5 heterocycles. The maximum atomic E-state index is 8.67. The van der Waals surface area contributed by atoms with E-state index in [0.717, 1.165) is 42.8 Å². The van der Waals surface area contributed by atoms with Crippen molar-refractivity contribution in [3.63, 3.8) is 0 Å². The fraction of sp³-hybridized carbons (Fsp3) is 0.100. The topological polar surface area (TPSA) is 52.5 Å². The second-order valence-electron chi connectivity index (χ2n) is 6.34. The normalized spacial score (nSPS) is 35.9. The van der Waals surface area contributed by atoms with Crippen molar-refractivity contribution in [1.82, 2.24) is 10.3 Å². The number of aromatic nitrogens is 1. The molecule has 2 atom stereocenters. The summed E-state index contributed by atoms with van der Waals surface area (Å²) < 4.78 is 9.10. The van der Waals surface area contributed by atoms with Crippen molar-refractivity contribution in [2.75, 3.05) is 0 Å². The summed E-state index contributed by atoms with van der Waals surface area (Å²) in [6, 6.07) is 4.08. The Kier molecular flexibility index (Phi) is 3.66. The van der Waals surface area contributed by atoms with Crippen molar-refractivity contribution in [3.05, 3.63) is 80.0 Å². The van der Waals surface area contributed by atoms with E-state index in [9.17, 15) is 0 Å². The molecule has 8 bridgehead atoms. The van der Waals surface area contributed by atoms with Crippen LogP contribution in [0.5, 0.6) is 0 Å². The summed E-state index contributed by atoms with van der Waals surface area (Å²) in [4.78, 5) is 12.8. The second-order valence-corrected chi connectivity index (χ2v) is 9.28. The molecule has 2 N–H and O–H groups in total. The van der Waals surface area contributed by atoms with Crippen molar-refractivity contribution in [2.24, 2.45) is 9.98 Å². The summed E-state index contributed by atoms with van der Waals surface area (Å²) >= 11 is 4.57. The number of hydrogen-bond donors (Lipinski definition) is 2. The van der Waals surface area contributed by atoms with Gasteiger partial charge in [-0.15, -0.1) is 0 Å². The van der Waals surface area contributed by atoms with Crippen molar-refractivity contribution >= 4 is 68.8 Å². The van der Waals surface area contributed by atoms with Gasteiger partial charge in [0.1, 0.15) is 3.55 Å². The molecule has 4 nitrogen and oxygen atoms in total. The summed E-state index contributed by atoms with van der Waals surface area (Å²) in [6.45, 7) is 0. The summed E-state index contributed by atoms with van der Waals surface area (Å²) in [5.74, 6) is 0. The number of nitrogens with zero attached hydrogens (tertiary/aromatic N) is 2. The number of halogens is 2. The monoisotopic (exact) mass is 565 g/mol. The Labute approximate surface area is 179 Å². The zero-order chi connectivity index (χ0) is 18.6. The number of aliphatic imine (C=N–C) groups is 2. The molecular weight excluding hydrogens is 550 g/mol. The summed E-state index contributed by atoms with van der Waals surface area (Å²) in [5, 5.41) is 5.50. The van der Waals surface area contributed by atoms with E-state index in [1.807, 2.05) is 60.7 Å². The first-order chi connectivity index (χ1) is 13.0. The number of hydrogen-bond acceptors (Lipinski definition) is 3. The number of H-pyrrole nitrogens is 1. The molecule has 1 aromatic heterocycles. The average molecular weight is 565 g/mol. The quantitative estimate of drug-likeness (QED) is 0.284. The highest BCUT2D eigenvalue weighted by Gasteiger charge is 2.33. The Hall–Kier alpha value is -1.68. The molecule has 4 aliphatic heterocycles. The largest absolute Gasteiger partial charge is 0.367 e. The fourth-order valence-corrected chi connectivity index (χ4v) is 5.44. The maximum absolute atomic E-state index is 8.67. The molecule has 0 amide bonds. The Bertz CT molecular complexity index is 1190. The number of rotatable bonds is 0. The van der Waals surface area contributed by atoms with Gasteiger partial charge in [-0.3, -0.25) is 0 Å². The van der Waals surface area contributed by atoms with E-state index in [4.69, 9.17) is 6.36 Å². The van der Waals surface area contributed by atoms with Gasteiger partial charge in [-0.2, -0.15) is 0 Å². The van der Waals surface area contributed by atoms with Crippen molar-refractivity contribution < 1.29 is 1.37 Å². The Morgan fingerprint density at radius 3 is 2.35 bits per heavy atom. The number of fused-ring (bicyclic) bond motifs is 6. The van der Waals surface area contributed by atoms with Gasteiger partial charge in [0.25, 0.3) is 0 Å².